The Balaban J connectivity index is 2.00. The van der Waals surface area contributed by atoms with Gasteiger partial charge in [0.2, 0.25) is 0 Å². The van der Waals surface area contributed by atoms with Crippen LogP contribution in [0.3, 0.4) is 0 Å². The Morgan fingerprint density at radius 2 is 1.93 bits per heavy atom. The van der Waals surface area contributed by atoms with Crippen molar-refractivity contribution in [1.82, 2.24) is 4.90 Å². The van der Waals surface area contributed by atoms with Crippen LogP contribution in [0, 0.1) is 5.82 Å². The van der Waals surface area contributed by atoms with E-state index in [0.29, 0.717) is 5.76 Å². The Bertz CT molecular complexity index is 844. The number of Topliss-reactive ketones (excluding diaryl/α,β-unsaturated/α-hetero) is 1. The highest BCUT2D eigenvalue weighted by Crippen LogP contribution is 2.39. The van der Waals surface area contributed by atoms with Gasteiger partial charge in [-0.25, -0.2) is 4.39 Å². The first-order chi connectivity index (χ1) is 13.0. The molecular weight excluding hydrogens is 357 g/mol. The van der Waals surface area contributed by atoms with Gasteiger partial charge in [-0.05, 0) is 36.4 Å². The number of aliphatic hydroxyl groups is 2. The summed E-state index contributed by atoms with van der Waals surface area (Å²) < 4.78 is 23.7. The molecule has 0 radical (unpaired) electrons. The van der Waals surface area contributed by atoms with E-state index in [1.54, 1.807) is 12.1 Å². The summed E-state index contributed by atoms with van der Waals surface area (Å²) in [4.78, 5) is 26.3. The van der Waals surface area contributed by atoms with Gasteiger partial charge in [0.1, 0.15) is 23.4 Å². The second-order valence-electron chi connectivity index (χ2n) is 5.85. The molecule has 7 nitrogen and oxygen atoms in total. The largest absolute Gasteiger partial charge is 0.507 e. The summed E-state index contributed by atoms with van der Waals surface area (Å²) in [5.41, 5.74) is 0.0752. The Morgan fingerprint density at radius 3 is 2.56 bits per heavy atom. The van der Waals surface area contributed by atoms with Crippen LogP contribution in [0.5, 0.6) is 0 Å². The van der Waals surface area contributed by atoms with Crippen LogP contribution in [0.15, 0.2) is 52.7 Å². The number of ketones is 1. The van der Waals surface area contributed by atoms with Crippen molar-refractivity contribution in [1.29, 1.82) is 0 Å². The molecule has 0 aliphatic carbocycles. The van der Waals surface area contributed by atoms with E-state index < -0.39 is 29.3 Å². The van der Waals surface area contributed by atoms with E-state index in [2.05, 4.69) is 0 Å². The zero-order chi connectivity index (χ0) is 19.4. The highest BCUT2D eigenvalue weighted by Gasteiger charge is 2.47. The van der Waals surface area contributed by atoms with E-state index in [4.69, 9.17) is 14.3 Å². The van der Waals surface area contributed by atoms with Crippen molar-refractivity contribution in [2.45, 2.75) is 6.04 Å². The second-order valence-corrected chi connectivity index (χ2v) is 5.85. The molecule has 2 N–H and O–H groups in total. The van der Waals surface area contributed by atoms with Gasteiger partial charge in [-0.15, -0.1) is 0 Å². The Labute approximate surface area is 154 Å². The normalized spacial score (nSPS) is 19.0. The molecule has 2 heterocycles. The fourth-order valence-electron chi connectivity index (χ4n) is 2.95. The van der Waals surface area contributed by atoms with Crippen molar-refractivity contribution in [3.05, 3.63) is 65.4 Å². The number of carbonyl (C=O) groups is 2. The molecule has 0 bridgehead atoms. The van der Waals surface area contributed by atoms with Gasteiger partial charge in [-0.3, -0.25) is 9.59 Å². The van der Waals surface area contributed by atoms with E-state index in [9.17, 15) is 19.1 Å². The Morgan fingerprint density at radius 1 is 1.19 bits per heavy atom. The minimum atomic E-state index is -0.928. The molecular formula is C19H18FNO6. The van der Waals surface area contributed by atoms with Crippen molar-refractivity contribution in [3.8, 4) is 0 Å². The van der Waals surface area contributed by atoms with Crippen LogP contribution in [-0.4, -0.2) is 53.2 Å². The molecule has 3 rings (SSSR count). The van der Waals surface area contributed by atoms with Crippen LogP contribution in [-0.2, 0) is 14.3 Å². The molecule has 1 aromatic carbocycles. The van der Waals surface area contributed by atoms with E-state index in [0.717, 1.165) is 12.1 Å². The van der Waals surface area contributed by atoms with Crippen molar-refractivity contribution in [2.24, 2.45) is 0 Å². The number of nitrogens with zero attached hydrogens (tertiary/aromatic N) is 1. The van der Waals surface area contributed by atoms with Crippen LogP contribution in [0.25, 0.3) is 5.76 Å². The lowest BCUT2D eigenvalue weighted by molar-refractivity contribution is -0.140. The van der Waals surface area contributed by atoms with Crippen LogP contribution in [0.4, 0.5) is 4.39 Å². The van der Waals surface area contributed by atoms with Gasteiger partial charge in [-0.2, -0.15) is 0 Å². The maximum absolute atomic E-state index is 13.2. The van der Waals surface area contributed by atoms with Crippen molar-refractivity contribution in [2.75, 3.05) is 26.4 Å². The van der Waals surface area contributed by atoms with Gasteiger partial charge < -0.3 is 24.3 Å². The molecule has 1 saturated heterocycles. The highest BCUT2D eigenvalue weighted by molar-refractivity contribution is 6.46. The van der Waals surface area contributed by atoms with E-state index >= 15 is 0 Å². The first kappa shape index (κ1) is 18.8. The predicted molar refractivity (Wildman–Crippen MR) is 92.0 cm³/mol. The minimum absolute atomic E-state index is 0.0656. The summed E-state index contributed by atoms with van der Waals surface area (Å²) in [7, 11) is 0. The zero-order valence-corrected chi connectivity index (χ0v) is 14.3. The third-order valence-corrected chi connectivity index (χ3v) is 4.18. The number of benzene rings is 1. The highest BCUT2D eigenvalue weighted by atomic mass is 19.1. The number of amides is 1. The summed E-state index contributed by atoms with van der Waals surface area (Å²) in [5, 5.41) is 19.4. The van der Waals surface area contributed by atoms with Gasteiger partial charge in [0.15, 0.2) is 0 Å². The van der Waals surface area contributed by atoms with Crippen LogP contribution in [0.1, 0.15) is 17.4 Å². The topological polar surface area (TPSA) is 100 Å². The van der Waals surface area contributed by atoms with Crippen molar-refractivity contribution >= 4 is 17.4 Å². The van der Waals surface area contributed by atoms with Gasteiger partial charge in [0.25, 0.3) is 11.7 Å². The molecule has 142 valence electrons. The molecule has 0 saturated carbocycles. The van der Waals surface area contributed by atoms with Gasteiger partial charge in [0, 0.05) is 12.1 Å². The molecule has 1 fully saturated rings. The maximum atomic E-state index is 13.2. The fourth-order valence-corrected chi connectivity index (χ4v) is 2.95. The van der Waals surface area contributed by atoms with Crippen LogP contribution in [0.2, 0.25) is 0 Å². The maximum Gasteiger partial charge on any atom is 0.295 e. The molecule has 0 spiro atoms. The van der Waals surface area contributed by atoms with Gasteiger partial charge in [-0.1, -0.05) is 0 Å². The monoisotopic (exact) mass is 375 g/mol. The number of likely N-dealkylation sites (tertiary alicyclic amines) is 1. The first-order valence-electron chi connectivity index (χ1n) is 8.31. The molecule has 1 amide bonds. The van der Waals surface area contributed by atoms with Crippen LogP contribution >= 0.6 is 0 Å². The average molecular weight is 375 g/mol. The van der Waals surface area contributed by atoms with E-state index in [1.165, 1.54) is 23.3 Å². The number of hydrogen-bond donors (Lipinski definition) is 2. The lowest BCUT2D eigenvalue weighted by atomic mass is 9.99. The van der Waals surface area contributed by atoms with Gasteiger partial charge >= 0.3 is 0 Å². The standard InChI is InChI=1S/C19H18FNO6/c20-13-5-3-12(4-6-13)17(23)15-16(14-2-1-9-27-14)21(19(25)18(15)24)7-10-26-11-8-22/h1-6,9,16,22-23H,7-8,10-11H2. The van der Waals surface area contributed by atoms with Crippen molar-refractivity contribution < 1.29 is 33.3 Å². The summed E-state index contributed by atoms with van der Waals surface area (Å²) >= 11 is 0. The summed E-state index contributed by atoms with van der Waals surface area (Å²) in [5.74, 6) is -2.25. The third-order valence-electron chi connectivity index (χ3n) is 4.18. The Hall–Kier alpha value is -2.97. The fraction of sp³-hybridized carbons (Fsp3) is 0.263. The molecule has 1 atom stereocenters. The number of halogens is 1. The molecule has 1 aliphatic rings. The van der Waals surface area contributed by atoms with Gasteiger partial charge in [0.05, 0.1) is 31.7 Å². The molecule has 2 aromatic rings. The smallest absolute Gasteiger partial charge is 0.295 e. The van der Waals surface area contributed by atoms with Crippen LogP contribution < -0.4 is 0 Å². The zero-order valence-electron chi connectivity index (χ0n) is 14.3. The minimum Gasteiger partial charge on any atom is -0.507 e. The second kappa shape index (κ2) is 8.15. The lowest BCUT2D eigenvalue weighted by Gasteiger charge is -2.23. The molecule has 27 heavy (non-hydrogen) atoms. The molecule has 1 unspecified atom stereocenters. The predicted octanol–water partition coefficient (Wildman–Crippen LogP) is 1.85. The van der Waals surface area contributed by atoms with Crippen molar-refractivity contribution in [3.63, 3.8) is 0 Å². The number of furan rings is 1. The average Bonchev–Trinajstić information content (AvgIpc) is 3.27. The van der Waals surface area contributed by atoms with E-state index in [1.807, 2.05) is 0 Å². The molecule has 1 aromatic heterocycles. The SMILES string of the molecule is O=C1C(=O)N(CCOCCO)C(c2ccco2)C1=C(O)c1ccc(F)cc1. The quantitative estimate of drug-likeness (QED) is 0.332. The summed E-state index contributed by atoms with van der Waals surface area (Å²) in [6.45, 7) is 0.105. The molecule has 1 aliphatic heterocycles. The summed E-state index contributed by atoms with van der Waals surface area (Å²) in [6.07, 6.45) is 1.40. The number of aliphatic hydroxyl groups excluding tert-OH is 2. The summed E-state index contributed by atoms with van der Waals surface area (Å²) in [6, 6.07) is 7.21. The Kier molecular flexibility index (Phi) is 5.68. The molecule has 8 heteroatoms. The number of rotatable bonds is 7. The third kappa shape index (κ3) is 3.76. The number of carbonyl (C=O) groups excluding carboxylic acids is 2. The van der Waals surface area contributed by atoms with E-state index in [-0.39, 0.29) is 37.5 Å². The lowest BCUT2D eigenvalue weighted by Crippen LogP contribution is -2.33. The number of ether oxygens (including phenoxy) is 1. The number of hydrogen-bond acceptors (Lipinski definition) is 6. The first-order valence-corrected chi connectivity index (χ1v) is 8.31.